The molecule has 0 spiro atoms. The number of anilines is 1. The van der Waals surface area contributed by atoms with E-state index in [2.05, 4.69) is 15.5 Å². The number of hydrogen-bond donors (Lipinski definition) is 2. The number of carbonyl (C=O) groups is 1. The predicted octanol–water partition coefficient (Wildman–Crippen LogP) is 4.43. The summed E-state index contributed by atoms with van der Waals surface area (Å²) in [5.74, 6) is -0.0969. The summed E-state index contributed by atoms with van der Waals surface area (Å²) in [6, 6.07) is 9.83. The van der Waals surface area contributed by atoms with E-state index in [4.69, 9.17) is 19.0 Å². The Morgan fingerprint density at radius 3 is 2.65 bits per heavy atom. The third-order valence-corrected chi connectivity index (χ3v) is 3.91. The fourth-order valence-electron chi connectivity index (χ4n) is 2.40. The molecule has 0 aliphatic carbocycles. The average molecular weight is 435 g/mol. The van der Waals surface area contributed by atoms with Gasteiger partial charge in [-0.1, -0.05) is 0 Å². The number of furan rings is 1. The highest BCUT2D eigenvalue weighted by atomic mass is 19.4. The van der Waals surface area contributed by atoms with Crippen LogP contribution in [-0.4, -0.2) is 29.4 Å². The standard InChI is InChI=1S/C20H16F3N3O5/c1-29-17-8-12(9-25-26-18-7-3-13(10-24-18)20(21,22)23)2-5-15(17)30-11-14-4-6-16(31-14)19(27)28/h2-10H,11H2,1H3,(H,24,26)(H,27,28). The predicted molar refractivity (Wildman–Crippen MR) is 103 cm³/mol. The van der Waals surface area contributed by atoms with E-state index in [-0.39, 0.29) is 18.2 Å². The number of alkyl halides is 3. The van der Waals surface area contributed by atoms with Crippen LogP contribution in [0.4, 0.5) is 19.0 Å². The van der Waals surface area contributed by atoms with E-state index in [1.165, 1.54) is 31.5 Å². The minimum Gasteiger partial charge on any atom is -0.493 e. The Kier molecular flexibility index (Phi) is 6.43. The molecule has 2 aromatic heterocycles. The fraction of sp³-hybridized carbons (Fsp3) is 0.150. The zero-order chi connectivity index (χ0) is 22.4. The Hall–Kier alpha value is -4.02. The van der Waals surface area contributed by atoms with E-state index in [1.807, 2.05) is 0 Å². The number of nitrogens with one attached hydrogen (secondary N) is 1. The van der Waals surface area contributed by atoms with Crippen molar-refractivity contribution in [3.05, 3.63) is 71.3 Å². The average Bonchev–Trinajstić information content (AvgIpc) is 3.22. The molecule has 0 amide bonds. The summed E-state index contributed by atoms with van der Waals surface area (Å²) in [4.78, 5) is 14.5. The molecule has 162 valence electrons. The van der Waals surface area contributed by atoms with Gasteiger partial charge in [0.15, 0.2) is 11.5 Å². The van der Waals surface area contributed by atoms with Gasteiger partial charge < -0.3 is 19.0 Å². The minimum atomic E-state index is -4.45. The lowest BCUT2D eigenvalue weighted by atomic mass is 10.2. The first-order chi connectivity index (χ1) is 14.8. The Morgan fingerprint density at radius 1 is 1.23 bits per heavy atom. The molecule has 0 saturated carbocycles. The number of carboxylic acid groups (broad SMARTS) is 1. The van der Waals surface area contributed by atoms with Gasteiger partial charge >= 0.3 is 12.1 Å². The Balaban J connectivity index is 1.61. The first kappa shape index (κ1) is 21.7. The number of rotatable bonds is 8. The second-order valence-electron chi connectivity index (χ2n) is 6.07. The van der Waals surface area contributed by atoms with Crippen molar-refractivity contribution in [2.45, 2.75) is 12.8 Å². The largest absolute Gasteiger partial charge is 0.493 e. The second kappa shape index (κ2) is 9.20. The molecule has 0 radical (unpaired) electrons. The van der Waals surface area contributed by atoms with Gasteiger partial charge in [0.25, 0.3) is 0 Å². The van der Waals surface area contributed by atoms with Crippen LogP contribution in [0.15, 0.2) is 58.2 Å². The summed E-state index contributed by atoms with van der Waals surface area (Å²) in [7, 11) is 1.45. The quantitative estimate of drug-likeness (QED) is 0.398. The molecule has 0 unspecified atom stereocenters. The lowest BCUT2D eigenvalue weighted by Crippen LogP contribution is -2.05. The molecule has 3 aromatic rings. The molecule has 0 bridgehead atoms. The highest BCUT2D eigenvalue weighted by molar-refractivity contribution is 5.84. The first-order valence-corrected chi connectivity index (χ1v) is 8.71. The van der Waals surface area contributed by atoms with Crippen molar-refractivity contribution in [3.63, 3.8) is 0 Å². The monoisotopic (exact) mass is 435 g/mol. The molecule has 2 heterocycles. The van der Waals surface area contributed by atoms with Crippen molar-refractivity contribution in [1.29, 1.82) is 0 Å². The number of hydrogen-bond acceptors (Lipinski definition) is 7. The molecule has 0 saturated heterocycles. The molecule has 0 aliphatic rings. The van der Waals surface area contributed by atoms with E-state index in [1.54, 1.807) is 18.2 Å². The maximum Gasteiger partial charge on any atom is 0.417 e. The summed E-state index contributed by atoms with van der Waals surface area (Å²) in [5.41, 5.74) is 2.31. The Bertz CT molecular complexity index is 1080. The van der Waals surface area contributed by atoms with Gasteiger partial charge in [-0.05, 0) is 48.0 Å². The van der Waals surface area contributed by atoms with E-state index < -0.39 is 17.7 Å². The van der Waals surface area contributed by atoms with Crippen molar-refractivity contribution in [3.8, 4) is 11.5 Å². The number of benzene rings is 1. The third-order valence-electron chi connectivity index (χ3n) is 3.91. The lowest BCUT2D eigenvalue weighted by molar-refractivity contribution is -0.137. The van der Waals surface area contributed by atoms with Crippen molar-refractivity contribution >= 4 is 18.0 Å². The van der Waals surface area contributed by atoms with Gasteiger partial charge in [-0.25, -0.2) is 9.78 Å². The molecule has 0 aliphatic heterocycles. The first-order valence-electron chi connectivity index (χ1n) is 8.71. The zero-order valence-electron chi connectivity index (χ0n) is 16.0. The van der Waals surface area contributed by atoms with Crippen LogP contribution in [0, 0.1) is 0 Å². The number of aromatic nitrogens is 1. The molecule has 1 aromatic carbocycles. The summed E-state index contributed by atoms with van der Waals surface area (Å²) < 4.78 is 53.6. The molecule has 11 heteroatoms. The van der Waals surface area contributed by atoms with Crippen LogP contribution in [-0.2, 0) is 12.8 Å². The molecule has 31 heavy (non-hydrogen) atoms. The molecule has 2 N–H and O–H groups in total. The highest BCUT2D eigenvalue weighted by Crippen LogP contribution is 2.29. The van der Waals surface area contributed by atoms with Crippen molar-refractivity contribution < 1.29 is 37.0 Å². The zero-order valence-corrected chi connectivity index (χ0v) is 16.0. The van der Waals surface area contributed by atoms with Crippen molar-refractivity contribution in [1.82, 2.24) is 4.98 Å². The number of pyridine rings is 1. The van der Waals surface area contributed by atoms with Crippen molar-refractivity contribution in [2.24, 2.45) is 5.10 Å². The van der Waals surface area contributed by atoms with Crippen LogP contribution < -0.4 is 14.9 Å². The summed E-state index contributed by atoms with van der Waals surface area (Å²) in [6.45, 7) is -0.00176. The van der Waals surface area contributed by atoms with Crippen LogP contribution in [0.3, 0.4) is 0 Å². The van der Waals surface area contributed by atoms with Crippen LogP contribution in [0.2, 0.25) is 0 Å². The van der Waals surface area contributed by atoms with Gasteiger partial charge in [-0.2, -0.15) is 18.3 Å². The number of ether oxygens (including phenoxy) is 2. The third kappa shape index (κ3) is 5.75. The molecule has 3 rings (SSSR count). The van der Waals surface area contributed by atoms with Crippen LogP contribution in [0.5, 0.6) is 11.5 Å². The SMILES string of the molecule is COc1cc(C=NNc2ccc(C(F)(F)F)cn2)ccc1OCc1ccc(C(=O)O)o1. The van der Waals surface area contributed by atoms with Gasteiger partial charge in [0.2, 0.25) is 5.76 Å². The van der Waals surface area contributed by atoms with E-state index in [9.17, 15) is 18.0 Å². The van der Waals surface area contributed by atoms with Gasteiger partial charge in [0.1, 0.15) is 18.2 Å². The van der Waals surface area contributed by atoms with Crippen LogP contribution in [0.25, 0.3) is 0 Å². The minimum absolute atomic E-state index is 0.00176. The number of nitrogens with zero attached hydrogens (tertiary/aromatic N) is 2. The normalized spacial score (nSPS) is 11.5. The maximum absolute atomic E-state index is 12.5. The Labute approximate surface area is 173 Å². The van der Waals surface area contributed by atoms with Gasteiger partial charge in [-0.3, -0.25) is 5.43 Å². The number of carboxylic acids is 1. The van der Waals surface area contributed by atoms with E-state index in [0.29, 0.717) is 29.0 Å². The number of hydrazone groups is 1. The smallest absolute Gasteiger partial charge is 0.417 e. The van der Waals surface area contributed by atoms with Gasteiger partial charge in [0, 0.05) is 6.20 Å². The molecule has 0 fully saturated rings. The number of methoxy groups -OCH3 is 1. The topological polar surface area (TPSA) is 106 Å². The maximum atomic E-state index is 12.5. The number of aromatic carboxylic acids is 1. The van der Waals surface area contributed by atoms with Crippen LogP contribution in [0.1, 0.15) is 27.4 Å². The van der Waals surface area contributed by atoms with E-state index >= 15 is 0 Å². The molecule has 0 atom stereocenters. The van der Waals surface area contributed by atoms with E-state index in [0.717, 1.165) is 6.07 Å². The highest BCUT2D eigenvalue weighted by Gasteiger charge is 2.30. The molecular weight excluding hydrogens is 419 g/mol. The summed E-state index contributed by atoms with van der Waals surface area (Å²) in [6.07, 6.45) is -2.31. The molecular formula is C20H16F3N3O5. The lowest BCUT2D eigenvalue weighted by Gasteiger charge is -2.10. The van der Waals surface area contributed by atoms with Gasteiger partial charge in [-0.15, -0.1) is 0 Å². The fourth-order valence-corrected chi connectivity index (χ4v) is 2.40. The molecule has 8 nitrogen and oxygen atoms in total. The second-order valence-corrected chi connectivity index (χ2v) is 6.07. The number of halogens is 3. The summed E-state index contributed by atoms with van der Waals surface area (Å²) in [5, 5.41) is 12.8. The van der Waals surface area contributed by atoms with Crippen LogP contribution >= 0.6 is 0 Å². The Morgan fingerprint density at radius 2 is 2.03 bits per heavy atom. The summed E-state index contributed by atoms with van der Waals surface area (Å²) >= 11 is 0. The van der Waals surface area contributed by atoms with Crippen molar-refractivity contribution in [2.75, 3.05) is 12.5 Å². The van der Waals surface area contributed by atoms with Gasteiger partial charge in [0.05, 0.1) is 18.9 Å².